The smallest absolute Gasteiger partial charge is 0.161 e. The number of rotatable bonds is 4. The van der Waals surface area contributed by atoms with Gasteiger partial charge in [-0.05, 0) is 36.2 Å². The van der Waals surface area contributed by atoms with Gasteiger partial charge in [-0.1, -0.05) is 6.07 Å². The van der Waals surface area contributed by atoms with E-state index in [2.05, 4.69) is 10.3 Å². The molecule has 0 saturated heterocycles. The Bertz CT molecular complexity index is 662. The summed E-state index contributed by atoms with van der Waals surface area (Å²) in [4.78, 5) is 4.02. The molecule has 21 heavy (non-hydrogen) atoms. The van der Waals surface area contributed by atoms with Gasteiger partial charge in [0.25, 0.3) is 0 Å². The minimum atomic E-state index is 0.424. The van der Waals surface area contributed by atoms with Crippen LogP contribution in [-0.2, 0) is 6.42 Å². The molecule has 5 nitrogen and oxygen atoms in total. The number of nitrogens with zero attached hydrogens (tertiary/aromatic N) is 2. The molecule has 1 N–H and O–H groups in total. The molecule has 1 aromatic heterocycles. The van der Waals surface area contributed by atoms with E-state index in [1.165, 1.54) is 5.56 Å². The van der Waals surface area contributed by atoms with Gasteiger partial charge in [0, 0.05) is 6.54 Å². The molecule has 0 bridgehead atoms. The first kappa shape index (κ1) is 13.3. The molecule has 0 spiro atoms. The van der Waals surface area contributed by atoms with Crippen LogP contribution in [0.25, 0.3) is 0 Å². The molecule has 3 rings (SSSR count). The van der Waals surface area contributed by atoms with Gasteiger partial charge in [-0.2, -0.15) is 5.26 Å². The van der Waals surface area contributed by atoms with Crippen molar-refractivity contribution in [2.45, 2.75) is 6.42 Å². The zero-order valence-corrected chi connectivity index (χ0v) is 11.5. The standard InChI is InChI=1S/C16H15N3O2/c17-10-13-2-3-14(11-19-13)18-6-5-12-1-4-15-16(9-12)21-8-7-20-15/h1-4,9,11,18H,5-8H2. The van der Waals surface area contributed by atoms with E-state index < -0.39 is 0 Å². The van der Waals surface area contributed by atoms with Crippen LogP contribution in [0, 0.1) is 11.3 Å². The number of benzene rings is 1. The number of aromatic nitrogens is 1. The summed E-state index contributed by atoms with van der Waals surface area (Å²) >= 11 is 0. The third-order valence-corrected chi connectivity index (χ3v) is 3.23. The summed E-state index contributed by atoms with van der Waals surface area (Å²) in [5.74, 6) is 1.63. The molecule has 2 heterocycles. The molecule has 0 unspecified atom stereocenters. The lowest BCUT2D eigenvalue weighted by Crippen LogP contribution is -2.15. The second-order valence-corrected chi connectivity index (χ2v) is 4.70. The summed E-state index contributed by atoms with van der Waals surface area (Å²) in [5, 5.41) is 12.0. The van der Waals surface area contributed by atoms with Crippen LogP contribution in [0.4, 0.5) is 5.69 Å². The Hall–Kier alpha value is -2.74. The number of nitrogens with one attached hydrogen (secondary N) is 1. The highest BCUT2D eigenvalue weighted by molar-refractivity contribution is 5.45. The molecule has 1 aromatic carbocycles. The third kappa shape index (κ3) is 3.23. The monoisotopic (exact) mass is 281 g/mol. The lowest BCUT2D eigenvalue weighted by atomic mass is 10.1. The normalized spacial score (nSPS) is 12.5. The second-order valence-electron chi connectivity index (χ2n) is 4.70. The van der Waals surface area contributed by atoms with Crippen LogP contribution >= 0.6 is 0 Å². The SMILES string of the molecule is N#Cc1ccc(NCCc2ccc3c(c2)OCCO3)cn1. The van der Waals surface area contributed by atoms with Gasteiger partial charge in [-0.3, -0.25) is 0 Å². The van der Waals surface area contributed by atoms with Crippen LogP contribution in [0.15, 0.2) is 36.5 Å². The first-order valence-electron chi connectivity index (χ1n) is 6.84. The van der Waals surface area contributed by atoms with Gasteiger partial charge in [0.15, 0.2) is 11.5 Å². The molecule has 1 aliphatic heterocycles. The summed E-state index contributed by atoms with van der Waals surface area (Å²) in [6.45, 7) is 2.00. The molecule has 0 fully saturated rings. The van der Waals surface area contributed by atoms with E-state index in [0.29, 0.717) is 18.9 Å². The average molecular weight is 281 g/mol. The fraction of sp³-hybridized carbons (Fsp3) is 0.250. The molecule has 106 valence electrons. The maximum atomic E-state index is 8.70. The zero-order valence-electron chi connectivity index (χ0n) is 11.5. The molecule has 0 saturated carbocycles. The number of ether oxygens (including phenoxy) is 2. The molecule has 0 amide bonds. The Morgan fingerprint density at radius 3 is 2.76 bits per heavy atom. The number of fused-ring (bicyclic) bond motifs is 1. The van der Waals surface area contributed by atoms with Crippen molar-refractivity contribution in [1.82, 2.24) is 4.98 Å². The van der Waals surface area contributed by atoms with Gasteiger partial charge in [-0.25, -0.2) is 4.98 Å². The number of anilines is 1. The summed E-state index contributed by atoms with van der Waals surface area (Å²) in [6.07, 6.45) is 2.54. The van der Waals surface area contributed by atoms with E-state index in [4.69, 9.17) is 14.7 Å². The van der Waals surface area contributed by atoms with Crippen molar-refractivity contribution >= 4 is 5.69 Å². The van der Waals surface area contributed by atoms with E-state index in [1.54, 1.807) is 12.3 Å². The Balaban J connectivity index is 1.56. The van der Waals surface area contributed by atoms with E-state index in [9.17, 15) is 0 Å². The summed E-state index contributed by atoms with van der Waals surface area (Å²) < 4.78 is 11.1. The molecule has 5 heteroatoms. The Kier molecular flexibility index (Phi) is 3.88. The lowest BCUT2D eigenvalue weighted by molar-refractivity contribution is 0.171. The number of pyridine rings is 1. The minimum absolute atomic E-state index is 0.424. The van der Waals surface area contributed by atoms with Crippen molar-refractivity contribution < 1.29 is 9.47 Å². The second kappa shape index (κ2) is 6.14. The van der Waals surface area contributed by atoms with Crippen molar-refractivity contribution in [2.24, 2.45) is 0 Å². The van der Waals surface area contributed by atoms with Gasteiger partial charge in [0.1, 0.15) is 25.0 Å². The molecule has 2 aromatic rings. The van der Waals surface area contributed by atoms with Crippen LogP contribution in [0.3, 0.4) is 0 Å². The summed E-state index contributed by atoms with van der Waals surface area (Å²) in [6, 6.07) is 11.6. The molecular weight excluding hydrogens is 266 g/mol. The maximum Gasteiger partial charge on any atom is 0.161 e. The lowest BCUT2D eigenvalue weighted by Gasteiger charge is -2.19. The number of nitriles is 1. The predicted molar refractivity (Wildman–Crippen MR) is 78.6 cm³/mol. The van der Waals surface area contributed by atoms with E-state index in [1.807, 2.05) is 30.3 Å². The highest BCUT2D eigenvalue weighted by Crippen LogP contribution is 2.30. The molecule has 1 aliphatic rings. The van der Waals surface area contributed by atoms with Crippen LogP contribution in [0.5, 0.6) is 11.5 Å². The van der Waals surface area contributed by atoms with Crippen LogP contribution in [-0.4, -0.2) is 24.7 Å². The predicted octanol–water partition coefficient (Wildman–Crippen LogP) is 2.38. The number of hydrogen-bond acceptors (Lipinski definition) is 5. The fourth-order valence-electron chi connectivity index (χ4n) is 2.16. The fourth-order valence-corrected chi connectivity index (χ4v) is 2.16. The zero-order chi connectivity index (χ0) is 14.5. The average Bonchev–Trinajstić information content (AvgIpc) is 2.55. The summed E-state index contributed by atoms with van der Waals surface area (Å²) in [5.41, 5.74) is 2.52. The van der Waals surface area contributed by atoms with Crippen molar-refractivity contribution in [3.63, 3.8) is 0 Å². The van der Waals surface area contributed by atoms with E-state index in [0.717, 1.165) is 30.2 Å². The number of hydrogen-bond donors (Lipinski definition) is 1. The van der Waals surface area contributed by atoms with Gasteiger partial charge in [0.2, 0.25) is 0 Å². The Morgan fingerprint density at radius 1 is 1.14 bits per heavy atom. The first-order valence-corrected chi connectivity index (χ1v) is 6.84. The van der Waals surface area contributed by atoms with Crippen molar-refractivity contribution in [1.29, 1.82) is 5.26 Å². The highest BCUT2D eigenvalue weighted by atomic mass is 16.6. The third-order valence-electron chi connectivity index (χ3n) is 3.23. The topological polar surface area (TPSA) is 67.2 Å². The van der Waals surface area contributed by atoms with E-state index >= 15 is 0 Å². The van der Waals surface area contributed by atoms with Gasteiger partial charge in [0.05, 0.1) is 11.9 Å². The Morgan fingerprint density at radius 2 is 2.00 bits per heavy atom. The largest absolute Gasteiger partial charge is 0.486 e. The van der Waals surface area contributed by atoms with Crippen molar-refractivity contribution in [2.75, 3.05) is 25.1 Å². The van der Waals surface area contributed by atoms with Gasteiger partial charge < -0.3 is 14.8 Å². The van der Waals surface area contributed by atoms with Crippen LogP contribution in [0.2, 0.25) is 0 Å². The van der Waals surface area contributed by atoms with Crippen molar-refractivity contribution in [3.05, 3.63) is 47.8 Å². The Labute approximate surface area is 123 Å². The molecule has 0 aliphatic carbocycles. The van der Waals surface area contributed by atoms with Gasteiger partial charge in [-0.15, -0.1) is 0 Å². The summed E-state index contributed by atoms with van der Waals surface area (Å²) in [7, 11) is 0. The van der Waals surface area contributed by atoms with Crippen LogP contribution < -0.4 is 14.8 Å². The molecular formula is C16H15N3O2. The maximum absolute atomic E-state index is 8.70. The molecule has 0 atom stereocenters. The quantitative estimate of drug-likeness (QED) is 0.932. The van der Waals surface area contributed by atoms with E-state index in [-0.39, 0.29) is 0 Å². The van der Waals surface area contributed by atoms with Crippen molar-refractivity contribution in [3.8, 4) is 17.6 Å². The molecule has 0 radical (unpaired) electrons. The minimum Gasteiger partial charge on any atom is -0.486 e. The first-order chi connectivity index (χ1) is 10.3. The van der Waals surface area contributed by atoms with Crippen LogP contribution in [0.1, 0.15) is 11.3 Å². The van der Waals surface area contributed by atoms with Gasteiger partial charge >= 0.3 is 0 Å². The highest BCUT2D eigenvalue weighted by Gasteiger charge is 2.11.